The summed E-state index contributed by atoms with van der Waals surface area (Å²) in [6.07, 6.45) is 15.1. The van der Waals surface area contributed by atoms with Gasteiger partial charge in [-0.05, 0) is 280 Å². The Balaban J connectivity index is 0.000000127. The highest BCUT2D eigenvalue weighted by Crippen LogP contribution is 2.41. The molecule has 0 radical (unpaired) electrons. The fourth-order valence-corrected chi connectivity index (χ4v) is 20.0. The van der Waals surface area contributed by atoms with Crippen LogP contribution in [0, 0.1) is 12.7 Å². The number of halogens is 1. The lowest BCUT2D eigenvalue weighted by molar-refractivity contribution is 0.00627. The summed E-state index contributed by atoms with van der Waals surface area (Å²) in [6, 6.07) is 61.7. The Morgan fingerprint density at radius 2 is 0.603 bits per heavy atom. The van der Waals surface area contributed by atoms with Gasteiger partial charge in [-0.15, -0.1) is 56.7 Å². The smallest absolute Gasteiger partial charge is 0.348 e. The van der Waals surface area contributed by atoms with Crippen molar-refractivity contribution in [3.8, 4) is 0 Å². The zero-order chi connectivity index (χ0) is 100. The second-order valence-electron chi connectivity index (χ2n) is 40.1. The number of esters is 5. The van der Waals surface area contributed by atoms with Crippen LogP contribution >= 0.6 is 56.7 Å². The number of carbonyl (C=O) groups is 5. The van der Waals surface area contributed by atoms with Crippen molar-refractivity contribution in [2.75, 3.05) is 26.6 Å². The maximum absolute atomic E-state index is 13.4. The SMILES string of the molecule is CC(C)(C)OC(=O)c1cc2c(ccc3cnc(NC4CCCCC4)nc32)s1.CC(C)(C)OC(=O)c1cc2c(ccc3cnc(Nc4ccc(C(C)(C)C)cc4)nc32)s1.CC(C)(C)OC(=O)c1cc2c(ccc3cnc(Nc4cccc(F)c4)nc32)s1.CC(C)(C)OC(=O)c1cc2c(ccc3cnc(Nc4ccccc4)nc32)s1.Cc1ccccc1Nc1ncc2ccc3sc(C(=O)OC(C)(C)C)cc3c2n1. The molecule has 141 heavy (non-hydrogen) atoms. The number of ether oxygens (including phenoxy) is 5. The van der Waals surface area contributed by atoms with Gasteiger partial charge in [-0.2, -0.15) is 0 Å². The maximum atomic E-state index is 13.4. The molecule has 1 aliphatic carbocycles. The number of para-hydroxylation sites is 2. The molecular weight excluding hydrogens is 1870 g/mol. The maximum Gasteiger partial charge on any atom is 0.348 e. The van der Waals surface area contributed by atoms with E-state index in [0.29, 0.717) is 65.9 Å². The number of hydrogen-bond acceptors (Lipinski definition) is 30. The quantitative estimate of drug-likeness (QED) is 0.0470. The molecule has 0 spiro atoms. The van der Waals surface area contributed by atoms with Crippen molar-refractivity contribution in [1.82, 2.24) is 49.8 Å². The van der Waals surface area contributed by atoms with Crippen LogP contribution in [0.4, 0.5) is 56.9 Å². The second-order valence-corrected chi connectivity index (χ2v) is 45.5. The number of rotatable bonds is 15. The normalized spacial score (nSPS) is 12.7. The first-order valence-corrected chi connectivity index (χ1v) is 50.4. The summed E-state index contributed by atoms with van der Waals surface area (Å²) < 4.78 is 45.9. The topological polar surface area (TPSA) is 321 Å². The molecule has 20 rings (SSSR count). The molecule has 722 valence electrons. The molecule has 1 aliphatic rings. The van der Waals surface area contributed by atoms with Crippen LogP contribution in [0.1, 0.15) is 216 Å². The molecule has 9 aromatic carbocycles. The Kier molecular flexibility index (Phi) is 29.2. The molecule has 19 aromatic rings. The first kappa shape index (κ1) is 99.8. The molecule has 0 unspecified atom stereocenters. The van der Waals surface area contributed by atoms with Gasteiger partial charge < -0.3 is 50.3 Å². The molecule has 0 bridgehead atoms. The van der Waals surface area contributed by atoms with Crippen LogP contribution < -0.4 is 26.6 Å². The molecule has 0 saturated heterocycles. The van der Waals surface area contributed by atoms with Crippen LogP contribution in [0.25, 0.3) is 105 Å². The number of thiophene rings is 5. The molecule has 10 heterocycles. The summed E-state index contributed by atoms with van der Waals surface area (Å²) in [5.74, 6) is 0.686. The third kappa shape index (κ3) is 25.7. The third-order valence-corrected chi connectivity index (χ3v) is 27.1. The molecular formula is C110H110FN15O10S5. The molecule has 25 nitrogen and oxygen atoms in total. The molecule has 0 amide bonds. The molecule has 31 heteroatoms. The summed E-state index contributed by atoms with van der Waals surface area (Å²) >= 11 is 7.07. The van der Waals surface area contributed by atoms with Crippen molar-refractivity contribution in [2.24, 2.45) is 0 Å². The average molecular weight is 1980 g/mol. The van der Waals surface area contributed by atoms with Gasteiger partial charge in [0.2, 0.25) is 29.7 Å². The number of benzene rings is 9. The summed E-state index contributed by atoms with van der Waals surface area (Å²) in [6.45, 7) is 36.6. The van der Waals surface area contributed by atoms with Crippen LogP contribution in [0.3, 0.4) is 0 Å². The molecule has 10 aromatic heterocycles. The van der Waals surface area contributed by atoms with Crippen LogP contribution in [-0.2, 0) is 29.1 Å². The highest BCUT2D eigenvalue weighted by molar-refractivity contribution is 7.22. The van der Waals surface area contributed by atoms with Crippen LogP contribution in [0.15, 0.2) is 225 Å². The zero-order valence-electron chi connectivity index (χ0n) is 81.9. The van der Waals surface area contributed by atoms with Gasteiger partial charge in [0.25, 0.3) is 0 Å². The highest BCUT2D eigenvalue weighted by Gasteiger charge is 2.29. The Labute approximate surface area is 836 Å². The van der Waals surface area contributed by atoms with E-state index in [4.69, 9.17) is 38.6 Å². The van der Waals surface area contributed by atoms with E-state index in [9.17, 15) is 28.4 Å². The lowest BCUT2D eigenvalue weighted by Crippen LogP contribution is -2.23. The standard InChI is InChI=1S/C25H27N3O2S.C22H21N3O2S.C21H18FN3O2S.C21H25N3O2S.C21H19N3O2S/c1-24(2,3)16-8-10-17(11-9-16)27-23-26-14-15-7-12-19-18(21(15)28-23)13-20(31-19)22(29)30-25(4,5)6;1-13-7-5-6-8-16(13)24-21-23-12-14-9-10-17-15(19(14)25-21)11-18(28-17)20(26)27-22(2,3)4;1-21(2,3)27-19(26)17-10-15-16(28-17)8-7-12-11-23-20(25-18(12)15)24-14-6-4-5-13(22)9-14;2*1-21(2,3)26-19(25)17-11-15-16(27-17)10-9-13-12-22-20(24-18(13)15)23-14-7-5-4-6-8-14/h7-14H,1-6H3,(H,26,27,28);5-12H,1-4H3,(H,23,24,25);4-11H,1-3H3,(H,23,24,25);9-12,14H,4-8H2,1-3H3,(H,22,23,24);4-12H,1-3H3,(H,22,23,24). The first-order valence-electron chi connectivity index (χ1n) is 46.3. The van der Waals surface area contributed by atoms with Crippen molar-refractivity contribution in [3.63, 3.8) is 0 Å². The number of aromatic nitrogens is 10. The van der Waals surface area contributed by atoms with Crippen molar-refractivity contribution < 1.29 is 52.0 Å². The van der Waals surface area contributed by atoms with E-state index in [0.717, 1.165) is 128 Å². The Morgan fingerprint density at radius 1 is 0.312 bits per heavy atom. The molecule has 0 atom stereocenters. The van der Waals surface area contributed by atoms with Gasteiger partial charge in [0.15, 0.2) is 0 Å². The van der Waals surface area contributed by atoms with E-state index in [2.05, 4.69) is 94.4 Å². The summed E-state index contributed by atoms with van der Waals surface area (Å²) in [7, 11) is 0. The highest BCUT2D eigenvalue weighted by atomic mass is 32.1. The van der Waals surface area contributed by atoms with Gasteiger partial charge in [-0.1, -0.05) is 94.6 Å². The number of fused-ring (bicyclic) bond motifs is 15. The fourth-order valence-electron chi connectivity index (χ4n) is 15.3. The van der Waals surface area contributed by atoms with Crippen LogP contribution in [0.2, 0.25) is 0 Å². The van der Waals surface area contributed by atoms with E-state index in [-0.39, 0.29) is 41.1 Å². The number of nitrogens with one attached hydrogen (secondary N) is 5. The predicted molar refractivity (Wildman–Crippen MR) is 573 cm³/mol. The lowest BCUT2D eigenvalue weighted by Gasteiger charge is -2.22. The summed E-state index contributed by atoms with van der Waals surface area (Å²) in [5.41, 5.74) is 7.27. The number of aryl methyl sites for hydroxylation is 1. The zero-order valence-corrected chi connectivity index (χ0v) is 86.0. The first-order chi connectivity index (χ1) is 66.8. The van der Waals surface area contributed by atoms with Crippen LogP contribution in [-0.4, -0.2) is 114 Å². The van der Waals surface area contributed by atoms with Crippen molar-refractivity contribution in [2.45, 2.75) is 203 Å². The van der Waals surface area contributed by atoms with E-state index < -0.39 is 28.0 Å². The fraction of sp³-hybridized carbons (Fsp3) is 0.282. The molecule has 1 saturated carbocycles. The molecule has 0 aliphatic heterocycles. The van der Waals surface area contributed by atoms with Gasteiger partial charge in [-0.3, -0.25) is 0 Å². The van der Waals surface area contributed by atoms with Gasteiger partial charge in [-0.25, -0.2) is 78.2 Å². The minimum Gasteiger partial charge on any atom is -0.456 e. The van der Waals surface area contributed by atoms with E-state index >= 15 is 0 Å². The minimum atomic E-state index is -0.556. The van der Waals surface area contributed by atoms with Gasteiger partial charge >= 0.3 is 29.8 Å². The van der Waals surface area contributed by atoms with E-state index in [1.165, 1.54) is 106 Å². The van der Waals surface area contributed by atoms with Crippen molar-refractivity contribution in [1.29, 1.82) is 0 Å². The third-order valence-electron chi connectivity index (χ3n) is 21.7. The Hall–Kier alpha value is -14.2. The second kappa shape index (κ2) is 41.3. The van der Waals surface area contributed by atoms with Crippen molar-refractivity contribution in [3.05, 3.63) is 266 Å². The average Bonchev–Trinajstić information content (AvgIpc) is 1.66. The number of hydrogen-bond donors (Lipinski definition) is 5. The van der Waals surface area contributed by atoms with Gasteiger partial charge in [0, 0.05) is 137 Å². The van der Waals surface area contributed by atoms with Crippen LogP contribution in [0.5, 0.6) is 0 Å². The number of anilines is 9. The number of carbonyl (C=O) groups excluding carboxylic acids is 5. The summed E-state index contributed by atoms with van der Waals surface area (Å²) in [5, 5.41) is 25.5. The summed E-state index contributed by atoms with van der Waals surface area (Å²) in [4.78, 5) is 111. The van der Waals surface area contributed by atoms with Gasteiger partial charge in [0.1, 0.15) is 58.2 Å². The Morgan fingerprint density at radius 3 is 0.922 bits per heavy atom. The Bertz CT molecular complexity index is 7910. The largest absolute Gasteiger partial charge is 0.456 e. The predicted octanol–water partition coefficient (Wildman–Crippen LogP) is 29.5. The lowest BCUT2D eigenvalue weighted by atomic mass is 9.87. The molecule has 1 fully saturated rings. The molecule has 5 N–H and O–H groups in total. The minimum absolute atomic E-state index is 0.106. The number of nitrogens with zero attached hydrogens (tertiary/aromatic N) is 10. The van der Waals surface area contributed by atoms with Gasteiger partial charge in [0.05, 0.1) is 27.6 Å². The monoisotopic (exact) mass is 1980 g/mol. The van der Waals surface area contributed by atoms with E-state index in [1.807, 2.05) is 269 Å². The van der Waals surface area contributed by atoms with Crippen molar-refractivity contribution >= 4 is 244 Å². The van der Waals surface area contributed by atoms with E-state index in [1.54, 1.807) is 43.0 Å².